The molecule has 0 aromatic heterocycles. The Morgan fingerprint density at radius 1 is 0.857 bits per heavy atom. The molecule has 1 N–H and O–H groups in total. The Morgan fingerprint density at radius 3 is 2.14 bits per heavy atom. The number of hydrogen-bond acceptors (Lipinski definition) is 2. The molecule has 14 heavy (non-hydrogen) atoms. The molecule has 1 aliphatic heterocycles. The van der Waals surface area contributed by atoms with Crippen molar-refractivity contribution in [3.8, 4) is 0 Å². The van der Waals surface area contributed by atoms with E-state index in [1.807, 2.05) is 0 Å². The summed E-state index contributed by atoms with van der Waals surface area (Å²) in [7, 11) is 0. The van der Waals surface area contributed by atoms with Gasteiger partial charge in [0.05, 0.1) is 4.87 Å². The van der Waals surface area contributed by atoms with Crippen LogP contribution in [0.15, 0.2) is 0 Å². The van der Waals surface area contributed by atoms with E-state index < -0.39 is 0 Å². The van der Waals surface area contributed by atoms with E-state index in [1.165, 1.54) is 63.7 Å². The first-order valence-corrected chi connectivity index (χ1v) is 7.20. The van der Waals surface area contributed by atoms with Gasteiger partial charge in [0.15, 0.2) is 0 Å². The zero-order valence-corrected chi connectivity index (χ0v) is 9.80. The lowest BCUT2D eigenvalue weighted by Gasteiger charge is -2.42. The molecule has 0 atom stereocenters. The van der Waals surface area contributed by atoms with Gasteiger partial charge in [-0.15, -0.1) is 11.8 Å². The fraction of sp³-hybridized carbons (Fsp3) is 1.00. The van der Waals surface area contributed by atoms with Crippen LogP contribution in [0.4, 0.5) is 0 Å². The van der Waals surface area contributed by atoms with Crippen molar-refractivity contribution < 1.29 is 0 Å². The van der Waals surface area contributed by atoms with E-state index in [1.54, 1.807) is 0 Å². The zero-order chi connectivity index (χ0) is 9.49. The van der Waals surface area contributed by atoms with Crippen LogP contribution in [0, 0.1) is 5.41 Å². The van der Waals surface area contributed by atoms with Gasteiger partial charge in [-0.3, -0.25) is 0 Å². The summed E-state index contributed by atoms with van der Waals surface area (Å²) in [5.41, 5.74) is 0.802. The highest BCUT2D eigenvalue weighted by atomic mass is 32.2. The molecule has 3 rings (SSSR count). The predicted molar refractivity (Wildman–Crippen MR) is 62.6 cm³/mol. The molecule has 1 nitrogen and oxygen atoms in total. The SMILES string of the molecule is C1CCC2(C1)CCC1(CC2)NCCS1. The normalized spacial score (nSPS) is 34.3. The van der Waals surface area contributed by atoms with Gasteiger partial charge in [-0.2, -0.15) is 0 Å². The van der Waals surface area contributed by atoms with E-state index in [4.69, 9.17) is 0 Å². The third kappa shape index (κ3) is 1.51. The van der Waals surface area contributed by atoms with E-state index in [0.717, 1.165) is 5.41 Å². The van der Waals surface area contributed by atoms with Crippen LogP contribution in [0.3, 0.4) is 0 Å². The first-order chi connectivity index (χ1) is 6.83. The van der Waals surface area contributed by atoms with Crippen LogP contribution in [0.1, 0.15) is 51.4 Å². The molecule has 2 spiro atoms. The van der Waals surface area contributed by atoms with Crippen molar-refractivity contribution in [2.45, 2.75) is 56.2 Å². The summed E-state index contributed by atoms with van der Waals surface area (Å²) in [5, 5.41) is 3.74. The molecular weight excluding hydrogens is 190 g/mol. The maximum absolute atomic E-state index is 3.74. The lowest BCUT2D eigenvalue weighted by Crippen LogP contribution is -2.43. The third-order valence-corrected chi connectivity index (χ3v) is 6.22. The van der Waals surface area contributed by atoms with E-state index in [9.17, 15) is 0 Å². The first-order valence-electron chi connectivity index (χ1n) is 6.22. The average molecular weight is 211 g/mol. The van der Waals surface area contributed by atoms with Crippen molar-refractivity contribution in [2.75, 3.05) is 12.3 Å². The minimum Gasteiger partial charge on any atom is -0.302 e. The summed E-state index contributed by atoms with van der Waals surface area (Å²) in [6, 6.07) is 0. The van der Waals surface area contributed by atoms with Crippen LogP contribution < -0.4 is 5.32 Å². The Labute approximate surface area is 91.4 Å². The molecule has 0 aromatic carbocycles. The molecule has 0 radical (unpaired) electrons. The second kappa shape index (κ2) is 3.41. The van der Waals surface area contributed by atoms with Crippen molar-refractivity contribution in [1.82, 2.24) is 5.32 Å². The van der Waals surface area contributed by atoms with Gasteiger partial charge < -0.3 is 5.32 Å². The van der Waals surface area contributed by atoms with Gasteiger partial charge in [0.1, 0.15) is 0 Å². The molecule has 80 valence electrons. The van der Waals surface area contributed by atoms with Crippen molar-refractivity contribution in [3.63, 3.8) is 0 Å². The third-order valence-electron chi connectivity index (χ3n) is 4.71. The Hall–Kier alpha value is 0.310. The lowest BCUT2D eigenvalue weighted by molar-refractivity contribution is 0.160. The number of hydrogen-bond donors (Lipinski definition) is 1. The van der Waals surface area contributed by atoms with Crippen LogP contribution in [-0.2, 0) is 0 Å². The summed E-state index contributed by atoms with van der Waals surface area (Å²) >= 11 is 2.20. The van der Waals surface area contributed by atoms with Crippen molar-refractivity contribution in [2.24, 2.45) is 5.41 Å². The maximum atomic E-state index is 3.74. The molecular formula is C12H21NS. The summed E-state index contributed by atoms with van der Waals surface area (Å²) in [6.45, 7) is 1.25. The fourth-order valence-corrected chi connectivity index (χ4v) is 5.00. The Morgan fingerprint density at radius 2 is 1.57 bits per heavy atom. The largest absolute Gasteiger partial charge is 0.302 e. The zero-order valence-electron chi connectivity index (χ0n) is 8.98. The van der Waals surface area contributed by atoms with Crippen LogP contribution in [0.5, 0.6) is 0 Å². The van der Waals surface area contributed by atoms with Crippen LogP contribution >= 0.6 is 11.8 Å². The standard InChI is InChI=1S/C12H21NS/c1-2-4-11(3-1)5-7-12(8-6-11)13-9-10-14-12/h13H,1-10H2. The molecule has 0 unspecified atom stereocenters. The summed E-state index contributed by atoms with van der Waals surface area (Å²) < 4.78 is 0. The second-order valence-corrected chi connectivity index (χ2v) is 6.96. The van der Waals surface area contributed by atoms with Gasteiger partial charge in [0.2, 0.25) is 0 Å². The molecule has 1 saturated heterocycles. The van der Waals surface area contributed by atoms with Crippen LogP contribution in [0.25, 0.3) is 0 Å². The summed E-state index contributed by atoms with van der Waals surface area (Å²) in [6.07, 6.45) is 12.0. The molecule has 3 aliphatic rings. The lowest BCUT2D eigenvalue weighted by atomic mass is 9.71. The molecule has 0 bridgehead atoms. The average Bonchev–Trinajstić information content (AvgIpc) is 2.81. The monoisotopic (exact) mass is 211 g/mol. The summed E-state index contributed by atoms with van der Waals surface area (Å²) in [4.78, 5) is 0.522. The Kier molecular flexibility index (Phi) is 2.32. The first kappa shape index (κ1) is 9.53. The van der Waals surface area contributed by atoms with Gasteiger partial charge in [-0.05, 0) is 43.9 Å². The molecule has 2 aliphatic carbocycles. The molecule has 0 aromatic rings. The van der Waals surface area contributed by atoms with E-state index in [2.05, 4.69) is 17.1 Å². The highest BCUT2D eigenvalue weighted by Crippen LogP contribution is 2.54. The highest BCUT2D eigenvalue weighted by molar-refractivity contribution is 8.00. The second-order valence-electron chi connectivity index (χ2n) is 5.48. The van der Waals surface area contributed by atoms with Gasteiger partial charge in [0, 0.05) is 12.3 Å². The Balaban J connectivity index is 1.66. The number of thioether (sulfide) groups is 1. The highest BCUT2D eigenvalue weighted by Gasteiger charge is 2.45. The Bertz CT molecular complexity index is 178. The minimum atomic E-state index is 0.522. The van der Waals surface area contributed by atoms with Crippen LogP contribution in [0.2, 0.25) is 0 Å². The maximum Gasteiger partial charge on any atom is 0.0646 e. The molecule has 0 amide bonds. The fourth-order valence-electron chi connectivity index (χ4n) is 3.71. The van der Waals surface area contributed by atoms with E-state index in [-0.39, 0.29) is 0 Å². The van der Waals surface area contributed by atoms with Crippen molar-refractivity contribution >= 4 is 11.8 Å². The van der Waals surface area contributed by atoms with Crippen LogP contribution in [-0.4, -0.2) is 17.2 Å². The summed E-state index contributed by atoms with van der Waals surface area (Å²) in [5.74, 6) is 1.34. The van der Waals surface area contributed by atoms with E-state index in [0.29, 0.717) is 4.87 Å². The van der Waals surface area contributed by atoms with Crippen molar-refractivity contribution in [3.05, 3.63) is 0 Å². The quantitative estimate of drug-likeness (QED) is 0.660. The number of rotatable bonds is 0. The predicted octanol–water partition coefficient (Wildman–Crippen LogP) is 3.15. The number of nitrogens with one attached hydrogen (secondary N) is 1. The molecule has 3 fully saturated rings. The van der Waals surface area contributed by atoms with Crippen molar-refractivity contribution in [1.29, 1.82) is 0 Å². The minimum absolute atomic E-state index is 0.522. The van der Waals surface area contributed by atoms with Gasteiger partial charge >= 0.3 is 0 Å². The smallest absolute Gasteiger partial charge is 0.0646 e. The van der Waals surface area contributed by atoms with Gasteiger partial charge in [-0.25, -0.2) is 0 Å². The topological polar surface area (TPSA) is 12.0 Å². The van der Waals surface area contributed by atoms with E-state index >= 15 is 0 Å². The molecule has 2 saturated carbocycles. The molecule has 1 heterocycles. The molecule has 2 heteroatoms. The van der Waals surface area contributed by atoms with Gasteiger partial charge in [0.25, 0.3) is 0 Å². The van der Waals surface area contributed by atoms with Gasteiger partial charge in [-0.1, -0.05) is 12.8 Å².